The van der Waals surface area contributed by atoms with Crippen molar-refractivity contribution in [2.75, 3.05) is 41.3 Å². The first-order valence-corrected chi connectivity index (χ1v) is 17.9. The van der Waals surface area contributed by atoms with Gasteiger partial charge in [-0.3, -0.25) is 9.59 Å². The standard InChI is InChI=1S/C35H72N4O2.2BrH/c1-7-9-11-13-15-17-19-21-23-25-27-30-34(40)36-38(3,4)32-29-33-39(5,6)37-35(41)31-28-26-24-22-20-18-16-14-12-10-8-2;;/h7-33H2,1-6H3;2*1H. The molecule has 0 aromatic carbocycles. The minimum Gasteiger partial charge on any atom is -1.00 e. The SMILES string of the molecule is CCCCCCCCCCCCCC(=O)N[N+](C)(C)CCC[N+](C)(C)NC(=O)CCCCCCCCCCCCC.[Br-].[Br-]. The minimum atomic E-state index is 0. The van der Waals surface area contributed by atoms with Crippen LogP contribution >= 0.6 is 0 Å². The van der Waals surface area contributed by atoms with Crippen molar-refractivity contribution in [3.63, 3.8) is 0 Å². The van der Waals surface area contributed by atoms with Crippen molar-refractivity contribution in [1.29, 1.82) is 0 Å². The van der Waals surface area contributed by atoms with Gasteiger partial charge in [0.15, 0.2) is 0 Å². The van der Waals surface area contributed by atoms with Crippen LogP contribution in [0.4, 0.5) is 0 Å². The molecule has 6 nitrogen and oxygen atoms in total. The highest BCUT2D eigenvalue weighted by Crippen LogP contribution is 2.13. The Morgan fingerprint density at radius 3 is 0.884 bits per heavy atom. The Bertz CT molecular complexity index is 581. The van der Waals surface area contributed by atoms with Gasteiger partial charge in [0.1, 0.15) is 13.1 Å². The van der Waals surface area contributed by atoms with Gasteiger partial charge in [0, 0.05) is 12.8 Å². The summed E-state index contributed by atoms with van der Waals surface area (Å²) in [4.78, 5) is 25.0. The largest absolute Gasteiger partial charge is 1.00 e. The van der Waals surface area contributed by atoms with Crippen LogP contribution in [-0.2, 0) is 9.59 Å². The highest BCUT2D eigenvalue weighted by atomic mass is 79.9. The number of nitrogens with one attached hydrogen (secondary N) is 2. The average Bonchev–Trinajstić information content (AvgIpc) is 2.89. The highest BCUT2D eigenvalue weighted by molar-refractivity contribution is 5.74. The number of unbranched alkanes of at least 4 members (excludes halogenated alkanes) is 20. The summed E-state index contributed by atoms with van der Waals surface area (Å²) in [7, 11) is 8.24. The second-order valence-corrected chi connectivity index (χ2v) is 13.8. The Kier molecular flexibility index (Phi) is 34.9. The van der Waals surface area contributed by atoms with Crippen molar-refractivity contribution in [2.45, 2.75) is 174 Å². The first-order valence-electron chi connectivity index (χ1n) is 17.9. The van der Waals surface area contributed by atoms with Crippen molar-refractivity contribution in [1.82, 2.24) is 10.9 Å². The van der Waals surface area contributed by atoms with Crippen LogP contribution in [0, 0.1) is 0 Å². The number of quaternary nitrogens is 2. The monoisotopic (exact) mass is 740 g/mol. The van der Waals surface area contributed by atoms with Gasteiger partial charge < -0.3 is 34.0 Å². The Morgan fingerprint density at radius 1 is 0.395 bits per heavy atom. The molecule has 0 aliphatic rings. The Labute approximate surface area is 289 Å². The smallest absolute Gasteiger partial charge is 0.264 e. The van der Waals surface area contributed by atoms with E-state index in [-0.39, 0.29) is 45.8 Å². The lowest BCUT2D eigenvalue weighted by molar-refractivity contribution is -0.943. The lowest BCUT2D eigenvalue weighted by Gasteiger charge is -2.32. The van der Waals surface area contributed by atoms with E-state index in [1.807, 2.05) is 0 Å². The molecule has 0 rings (SSSR count). The lowest BCUT2D eigenvalue weighted by Crippen LogP contribution is -3.00. The molecule has 0 fully saturated rings. The van der Waals surface area contributed by atoms with Crippen LogP contribution in [0.1, 0.15) is 174 Å². The fourth-order valence-electron chi connectivity index (χ4n) is 5.66. The van der Waals surface area contributed by atoms with Gasteiger partial charge in [-0.1, -0.05) is 142 Å². The first-order chi connectivity index (χ1) is 19.6. The summed E-state index contributed by atoms with van der Waals surface area (Å²) < 4.78 is 0.979. The molecule has 0 atom stereocenters. The number of halogens is 2. The molecule has 0 aliphatic heterocycles. The van der Waals surface area contributed by atoms with E-state index in [2.05, 4.69) is 52.9 Å². The number of carbonyl (C=O) groups excluding carboxylic acids is 2. The van der Waals surface area contributed by atoms with Gasteiger partial charge >= 0.3 is 0 Å². The summed E-state index contributed by atoms with van der Waals surface area (Å²) in [5.41, 5.74) is 6.37. The van der Waals surface area contributed by atoms with Crippen LogP contribution < -0.4 is 44.8 Å². The molecule has 0 aromatic rings. The van der Waals surface area contributed by atoms with Crippen molar-refractivity contribution in [3.05, 3.63) is 0 Å². The van der Waals surface area contributed by atoms with Crippen LogP contribution in [0.2, 0.25) is 0 Å². The molecule has 0 saturated heterocycles. The third kappa shape index (κ3) is 34.5. The van der Waals surface area contributed by atoms with Crippen molar-refractivity contribution in [2.24, 2.45) is 0 Å². The van der Waals surface area contributed by atoms with Gasteiger partial charge in [-0.05, 0) is 12.8 Å². The van der Waals surface area contributed by atoms with Crippen molar-refractivity contribution in [3.8, 4) is 0 Å². The zero-order valence-corrected chi connectivity index (χ0v) is 32.7. The highest BCUT2D eigenvalue weighted by Gasteiger charge is 2.23. The van der Waals surface area contributed by atoms with Gasteiger partial charge in [0.2, 0.25) is 0 Å². The van der Waals surface area contributed by atoms with Gasteiger partial charge in [-0.15, -0.1) is 0 Å². The first kappa shape index (κ1) is 47.2. The molecule has 0 unspecified atom stereocenters. The summed E-state index contributed by atoms with van der Waals surface area (Å²) in [5, 5.41) is 0. The molecule has 2 N–H and O–H groups in total. The maximum absolute atomic E-state index is 12.5. The maximum atomic E-state index is 12.5. The molecule has 0 aliphatic carbocycles. The molecule has 0 heterocycles. The van der Waals surface area contributed by atoms with E-state index in [1.54, 1.807) is 0 Å². The zero-order chi connectivity index (χ0) is 30.7. The molecular formula is C35H74Br2N4O2. The summed E-state index contributed by atoms with van der Waals surface area (Å²) in [6, 6.07) is 0. The van der Waals surface area contributed by atoms with Crippen molar-refractivity contribution >= 4 is 11.8 Å². The molecule has 43 heavy (non-hydrogen) atoms. The molecular weight excluding hydrogens is 668 g/mol. The fraction of sp³-hybridized carbons (Fsp3) is 0.943. The van der Waals surface area contributed by atoms with E-state index in [4.69, 9.17) is 0 Å². The van der Waals surface area contributed by atoms with E-state index < -0.39 is 0 Å². The van der Waals surface area contributed by atoms with Crippen LogP contribution in [0.3, 0.4) is 0 Å². The quantitative estimate of drug-likeness (QED) is 0.0677. The molecule has 0 aromatic heterocycles. The number of nitrogens with zero attached hydrogens (tertiary/aromatic N) is 2. The van der Waals surface area contributed by atoms with Crippen LogP contribution in [0.25, 0.3) is 0 Å². The van der Waals surface area contributed by atoms with Crippen molar-refractivity contribution < 1.29 is 52.7 Å². The third-order valence-electron chi connectivity index (χ3n) is 8.30. The predicted molar refractivity (Wildman–Crippen MR) is 177 cm³/mol. The van der Waals surface area contributed by atoms with E-state index in [1.165, 1.54) is 116 Å². The topological polar surface area (TPSA) is 58.2 Å². The molecule has 8 heteroatoms. The van der Waals surface area contributed by atoms with E-state index >= 15 is 0 Å². The molecule has 0 radical (unpaired) electrons. The van der Waals surface area contributed by atoms with Gasteiger partial charge in [0.05, 0.1) is 34.6 Å². The van der Waals surface area contributed by atoms with Crippen LogP contribution in [0.5, 0.6) is 0 Å². The summed E-state index contributed by atoms with van der Waals surface area (Å²) in [6.07, 6.45) is 30.7. The number of carbonyl (C=O) groups is 2. The lowest BCUT2D eigenvalue weighted by atomic mass is 10.1. The molecule has 0 bridgehead atoms. The normalized spacial score (nSPS) is 11.5. The third-order valence-corrected chi connectivity index (χ3v) is 8.30. The Morgan fingerprint density at radius 2 is 0.628 bits per heavy atom. The minimum absolute atomic E-state index is 0. The number of rotatable bonds is 30. The number of hydrogen-bond acceptors (Lipinski definition) is 2. The van der Waals surface area contributed by atoms with Crippen LogP contribution in [-0.4, -0.2) is 62.3 Å². The fourth-order valence-corrected chi connectivity index (χ4v) is 5.66. The number of amides is 2. The van der Waals surface area contributed by atoms with E-state index in [9.17, 15) is 9.59 Å². The molecule has 0 saturated carbocycles. The number of hydrogen-bond donors (Lipinski definition) is 2. The van der Waals surface area contributed by atoms with Gasteiger partial charge in [0.25, 0.3) is 11.8 Å². The van der Waals surface area contributed by atoms with Crippen LogP contribution in [0.15, 0.2) is 0 Å². The van der Waals surface area contributed by atoms with E-state index in [0.29, 0.717) is 22.0 Å². The predicted octanol–water partition coefficient (Wildman–Crippen LogP) is 3.00. The summed E-state index contributed by atoms with van der Waals surface area (Å²) in [5.74, 6) is 0.305. The Hall–Kier alpha value is -0.180. The summed E-state index contributed by atoms with van der Waals surface area (Å²) >= 11 is 0. The summed E-state index contributed by atoms with van der Waals surface area (Å²) in [6.45, 7) is 6.23. The average molecular weight is 743 g/mol. The van der Waals surface area contributed by atoms with Gasteiger partial charge in [-0.25, -0.2) is 20.0 Å². The molecule has 0 spiro atoms. The van der Waals surface area contributed by atoms with E-state index in [0.717, 1.165) is 45.2 Å². The Balaban J connectivity index is -0.00000800. The van der Waals surface area contributed by atoms with Gasteiger partial charge in [-0.2, -0.15) is 0 Å². The molecule has 2 amide bonds. The second kappa shape index (κ2) is 31.8. The zero-order valence-electron chi connectivity index (χ0n) is 29.6. The second-order valence-electron chi connectivity index (χ2n) is 13.8. The maximum Gasteiger partial charge on any atom is 0.264 e. The molecule has 260 valence electrons.